The predicted octanol–water partition coefficient (Wildman–Crippen LogP) is 3.10. The van der Waals surface area contributed by atoms with E-state index in [-0.39, 0.29) is 5.02 Å². The zero-order chi connectivity index (χ0) is 12.0. The Labute approximate surface area is 98.6 Å². The van der Waals surface area contributed by atoms with Crippen LogP contribution in [0, 0.1) is 23.5 Å². The maximum Gasteiger partial charge on any atom is 0.160 e. The van der Waals surface area contributed by atoms with Crippen molar-refractivity contribution >= 4 is 11.6 Å². The number of benzene rings is 1. The molecule has 0 saturated carbocycles. The summed E-state index contributed by atoms with van der Waals surface area (Å²) >= 11 is 5.71. The molecule has 0 aromatic heterocycles. The van der Waals surface area contributed by atoms with Crippen LogP contribution in [0.2, 0.25) is 5.02 Å². The van der Waals surface area contributed by atoms with Crippen LogP contribution in [0.5, 0.6) is 0 Å². The fourth-order valence-electron chi connectivity index (χ4n) is 1.13. The van der Waals surface area contributed by atoms with Crippen molar-refractivity contribution in [1.29, 1.82) is 0 Å². The van der Waals surface area contributed by atoms with Crippen molar-refractivity contribution in [1.82, 2.24) is 0 Å². The molecule has 4 heteroatoms. The van der Waals surface area contributed by atoms with Crippen LogP contribution in [0.4, 0.5) is 8.78 Å². The molecule has 0 bridgehead atoms. The Morgan fingerprint density at radius 2 is 1.88 bits per heavy atom. The number of rotatable bonds is 3. The van der Waals surface area contributed by atoms with E-state index in [1.54, 1.807) is 0 Å². The fraction of sp³-hybridized carbons (Fsp3) is 0.333. The normalized spacial score (nSPS) is 9.75. The fourth-order valence-corrected chi connectivity index (χ4v) is 1.33. The van der Waals surface area contributed by atoms with Crippen molar-refractivity contribution in [3.63, 3.8) is 0 Å². The van der Waals surface area contributed by atoms with Gasteiger partial charge in [0.25, 0.3) is 0 Å². The first-order chi connectivity index (χ1) is 7.65. The summed E-state index contributed by atoms with van der Waals surface area (Å²) in [6.07, 6.45) is 2.47. The highest BCUT2D eigenvalue weighted by molar-refractivity contribution is 6.31. The summed E-state index contributed by atoms with van der Waals surface area (Å²) < 4.78 is 25.6. The molecule has 2 N–H and O–H groups in total. The minimum Gasteiger partial charge on any atom is -0.330 e. The van der Waals surface area contributed by atoms with E-state index >= 15 is 0 Å². The molecule has 1 aromatic rings. The maximum atomic E-state index is 12.9. The molecular weight excluding hydrogens is 232 g/mol. The Hall–Kier alpha value is -1.11. The number of halogens is 3. The summed E-state index contributed by atoms with van der Waals surface area (Å²) in [5.74, 6) is 3.66. The van der Waals surface area contributed by atoms with Gasteiger partial charge < -0.3 is 5.73 Å². The third-order valence-corrected chi connectivity index (χ3v) is 2.30. The van der Waals surface area contributed by atoms with E-state index in [9.17, 15) is 8.78 Å². The van der Waals surface area contributed by atoms with Gasteiger partial charge in [0.15, 0.2) is 11.6 Å². The lowest BCUT2D eigenvalue weighted by Gasteiger charge is -1.97. The lowest BCUT2D eigenvalue weighted by atomic mass is 10.2. The number of hydrogen-bond acceptors (Lipinski definition) is 1. The molecule has 0 saturated heterocycles. The Morgan fingerprint density at radius 3 is 2.56 bits per heavy atom. The van der Waals surface area contributed by atoms with Gasteiger partial charge in [-0.2, -0.15) is 0 Å². The van der Waals surface area contributed by atoms with Crippen LogP contribution in [0.25, 0.3) is 0 Å². The molecule has 0 radical (unpaired) electrons. The Bertz CT molecular complexity index is 421. The molecule has 1 nitrogen and oxygen atoms in total. The molecule has 1 rings (SSSR count). The number of nitrogens with two attached hydrogens (primary N) is 1. The van der Waals surface area contributed by atoms with Crippen molar-refractivity contribution in [3.8, 4) is 11.8 Å². The summed E-state index contributed by atoms with van der Waals surface area (Å²) in [5.41, 5.74) is 5.64. The topological polar surface area (TPSA) is 26.0 Å². The lowest BCUT2D eigenvalue weighted by Crippen LogP contribution is -1.97. The second kappa shape index (κ2) is 6.47. The van der Waals surface area contributed by atoms with Crippen molar-refractivity contribution < 1.29 is 8.78 Å². The SMILES string of the molecule is NCCCCC#Cc1cc(F)c(F)cc1Cl. The molecule has 0 fully saturated rings. The molecule has 0 amide bonds. The maximum absolute atomic E-state index is 12.9. The molecule has 0 aliphatic carbocycles. The first kappa shape index (κ1) is 13.0. The van der Waals surface area contributed by atoms with Crippen LogP contribution in [0.1, 0.15) is 24.8 Å². The van der Waals surface area contributed by atoms with Crippen molar-refractivity contribution in [2.24, 2.45) is 5.73 Å². The predicted molar refractivity (Wildman–Crippen MR) is 61.2 cm³/mol. The van der Waals surface area contributed by atoms with Gasteiger partial charge >= 0.3 is 0 Å². The third kappa shape index (κ3) is 3.80. The van der Waals surface area contributed by atoms with Crippen LogP contribution < -0.4 is 5.73 Å². The van der Waals surface area contributed by atoms with Crippen molar-refractivity contribution in [2.45, 2.75) is 19.3 Å². The second-order valence-electron chi connectivity index (χ2n) is 3.29. The van der Waals surface area contributed by atoms with Gasteiger partial charge in [-0.1, -0.05) is 23.4 Å². The van der Waals surface area contributed by atoms with Gasteiger partial charge in [-0.3, -0.25) is 0 Å². The van der Waals surface area contributed by atoms with E-state index in [4.69, 9.17) is 17.3 Å². The lowest BCUT2D eigenvalue weighted by molar-refractivity contribution is 0.508. The molecular formula is C12H12ClF2N. The first-order valence-electron chi connectivity index (χ1n) is 4.98. The van der Waals surface area contributed by atoms with E-state index in [1.807, 2.05) is 0 Å². The zero-order valence-corrected chi connectivity index (χ0v) is 9.45. The number of unbranched alkanes of at least 4 members (excludes halogenated alkanes) is 2. The van der Waals surface area contributed by atoms with E-state index in [0.717, 1.165) is 25.0 Å². The smallest absolute Gasteiger partial charge is 0.160 e. The summed E-state index contributed by atoms with van der Waals surface area (Å²) in [6.45, 7) is 0.633. The zero-order valence-electron chi connectivity index (χ0n) is 8.69. The summed E-state index contributed by atoms with van der Waals surface area (Å²) in [7, 11) is 0. The molecule has 16 heavy (non-hydrogen) atoms. The molecule has 86 valence electrons. The summed E-state index contributed by atoms with van der Waals surface area (Å²) in [6, 6.07) is 1.94. The van der Waals surface area contributed by atoms with Crippen LogP contribution in [-0.4, -0.2) is 6.54 Å². The summed E-state index contributed by atoms with van der Waals surface area (Å²) in [5, 5.41) is 0.130. The van der Waals surface area contributed by atoms with Gasteiger partial charge in [-0.05, 0) is 31.5 Å². The van der Waals surface area contributed by atoms with Crippen LogP contribution >= 0.6 is 11.6 Å². The highest BCUT2D eigenvalue weighted by Crippen LogP contribution is 2.18. The van der Waals surface area contributed by atoms with Crippen LogP contribution in [-0.2, 0) is 0 Å². The molecule has 0 aliphatic rings. The largest absolute Gasteiger partial charge is 0.330 e. The van der Waals surface area contributed by atoms with E-state index in [2.05, 4.69) is 11.8 Å². The first-order valence-corrected chi connectivity index (χ1v) is 5.36. The Balaban J connectivity index is 2.69. The van der Waals surface area contributed by atoms with Crippen molar-refractivity contribution in [3.05, 3.63) is 34.4 Å². The quantitative estimate of drug-likeness (QED) is 0.493. The Morgan fingerprint density at radius 1 is 1.19 bits per heavy atom. The van der Waals surface area contributed by atoms with Gasteiger partial charge in [0.1, 0.15) is 0 Å². The molecule has 0 atom stereocenters. The van der Waals surface area contributed by atoms with E-state index in [1.165, 1.54) is 0 Å². The molecule has 0 spiro atoms. The standard InChI is InChI=1S/C12H12ClF2N/c13-10-8-12(15)11(14)7-9(10)5-3-1-2-4-6-16/h7-8H,1-2,4,6,16H2. The summed E-state index contributed by atoms with van der Waals surface area (Å²) in [4.78, 5) is 0. The second-order valence-corrected chi connectivity index (χ2v) is 3.70. The monoisotopic (exact) mass is 243 g/mol. The van der Waals surface area contributed by atoms with E-state index < -0.39 is 11.6 Å². The van der Waals surface area contributed by atoms with Gasteiger partial charge in [-0.25, -0.2) is 8.78 Å². The van der Waals surface area contributed by atoms with Crippen LogP contribution in [0.15, 0.2) is 12.1 Å². The molecule has 0 aliphatic heterocycles. The van der Waals surface area contributed by atoms with Crippen molar-refractivity contribution in [2.75, 3.05) is 6.54 Å². The average molecular weight is 244 g/mol. The average Bonchev–Trinajstić information content (AvgIpc) is 2.25. The van der Waals surface area contributed by atoms with Gasteiger partial charge in [0.2, 0.25) is 0 Å². The van der Waals surface area contributed by atoms with Gasteiger partial charge in [0, 0.05) is 12.0 Å². The third-order valence-electron chi connectivity index (χ3n) is 1.99. The number of hydrogen-bond donors (Lipinski definition) is 1. The highest BCUT2D eigenvalue weighted by atomic mass is 35.5. The Kier molecular flexibility index (Phi) is 5.24. The minimum absolute atomic E-state index is 0.130. The molecule has 0 heterocycles. The molecule has 1 aromatic carbocycles. The minimum atomic E-state index is -0.960. The van der Waals surface area contributed by atoms with Crippen LogP contribution in [0.3, 0.4) is 0 Å². The van der Waals surface area contributed by atoms with Gasteiger partial charge in [-0.15, -0.1) is 0 Å². The van der Waals surface area contributed by atoms with E-state index in [0.29, 0.717) is 18.5 Å². The van der Waals surface area contributed by atoms with Gasteiger partial charge in [0.05, 0.1) is 5.02 Å². The molecule has 0 unspecified atom stereocenters. The highest BCUT2D eigenvalue weighted by Gasteiger charge is 2.05.